The zero-order valence-corrected chi connectivity index (χ0v) is 11.8. The molecule has 19 heavy (non-hydrogen) atoms. The van der Waals surface area contributed by atoms with Crippen molar-refractivity contribution < 1.29 is 0 Å². The van der Waals surface area contributed by atoms with Gasteiger partial charge in [-0.25, -0.2) is 0 Å². The minimum Gasteiger partial charge on any atom is -0.317 e. The molecular formula is C17H22N2. The van der Waals surface area contributed by atoms with E-state index in [1.807, 2.05) is 0 Å². The van der Waals surface area contributed by atoms with E-state index in [4.69, 9.17) is 4.98 Å². The fourth-order valence-electron chi connectivity index (χ4n) is 2.86. The highest BCUT2D eigenvalue weighted by atomic mass is 14.9. The quantitative estimate of drug-likeness (QED) is 0.881. The molecule has 0 bridgehead atoms. The molecule has 3 rings (SSSR count). The van der Waals surface area contributed by atoms with Gasteiger partial charge in [-0.3, -0.25) is 4.98 Å². The third-order valence-corrected chi connectivity index (χ3v) is 4.16. The van der Waals surface area contributed by atoms with Crippen LogP contribution < -0.4 is 5.32 Å². The third kappa shape index (κ3) is 2.64. The van der Waals surface area contributed by atoms with Crippen LogP contribution in [0.1, 0.15) is 49.8 Å². The van der Waals surface area contributed by atoms with Gasteiger partial charge in [0.2, 0.25) is 0 Å². The molecule has 1 aromatic carbocycles. The summed E-state index contributed by atoms with van der Waals surface area (Å²) in [5, 5.41) is 4.68. The fraction of sp³-hybridized carbons (Fsp3) is 0.471. The van der Waals surface area contributed by atoms with Crippen molar-refractivity contribution in [3.8, 4) is 0 Å². The van der Waals surface area contributed by atoms with Crippen molar-refractivity contribution in [2.24, 2.45) is 0 Å². The molecule has 0 saturated carbocycles. The first kappa shape index (κ1) is 12.6. The van der Waals surface area contributed by atoms with Crippen LogP contribution in [-0.4, -0.2) is 18.1 Å². The van der Waals surface area contributed by atoms with E-state index in [2.05, 4.69) is 49.5 Å². The number of piperidine rings is 1. The van der Waals surface area contributed by atoms with Crippen molar-refractivity contribution in [2.45, 2.75) is 38.5 Å². The topological polar surface area (TPSA) is 24.9 Å². The van der Waals surface area contributed by atoms with E-state index in [1.54, 1.807) is 0 Å². The van der Waals surface area contributed by atoms with Crippen LogP contribution in [-0.2, 0) is 0 Å². The van der Waals surface area contributed by atoms with Crippen LogP contribution in [0.25, 0.3) is 10.9 Å². The van der Waals surface area contributed by atoms with Crippen molar-refractivity contribution >= 4 is 10.9 Å². The number of nitrogens with one attached hydrogen (secondary N) is 1. The number of rotatable bonds is 2. The Morgan fingerprint density at radius 3 is 2.63 bits per heavy atom. The Balaban J connectivity index is 1.94. The van der Waals surface area contributed by atoms with E-state index in [0.29, 0.717) is 11.8 Å². The molecule has 1 aliphatic heterocycles. The molecule has 2 nitrogen and oxygen atoms in total. The van der Waals surface area contributed by atoms with Crippen molar-refractivity contribution in [3.63, 3.8) is 0 Å². The molecule has 0 spiro atoms. The summed E-state index contributed by atoms with van der Waals surface area (Å²) in [6, 6.07) is 11.1. The molecule has 1 N–H and O–H groups in total. The van der Waals surface area contributed by atoms with Gasteiger partial charge in [0.05, 0.1) is 5.52 Å². The highest BCUT2D eigenvalue weighted by Gasteiger charge is 2.16. The molecule has 100 valence electrons. The largest absolute Gasteiger partial charge is 0.317 e. The van der Waals surface area contributed by atoms with Crippen LogP contribution in [0.5, 0.6) is 0 Å². The van der Waals surface area contributed by atoms with Crippen LogP contribution in [0.3, 0.4) is 0 Å². The Labute approximate surface area is 115 Å². The van der Waals surface area contributed by atoms with E-state index >= 15 is 0 Å². The number of hydrogen-bond acceptors (Lipinski definition) is 2. The van der Waals surface area contributed by atoms with Gasteiger partial charge in [-0.1, -0.05) is 26.0 Å². The Bertz CT molecular complexity index is 568. The number of hydrogen-bond donors (Lipinski definition) is 1. The first-order valence-corrected chi connectivity index (χ1v) is 7.35. The Morgan fingerprint density at radius 2 is 1.89 bits per heavy atom. The summed E-state index contributed by atoms with van der Waals surface area (Å²) in [4.78, 5) is 4.87. The maximum Gasteiger partial charge on any atom is 0.0705 e. The lowest BCUT2D eigenvalue weighted by molar-refractivity contribution is 0.454. The summed E-state index contributed by atoms with van der Waals surface area (Å²) >= 11 is 0. The molecular weight excluding hydrogens is 232 g/mol. The second-order valence-electron chi connectivity index (χ2n) is 5.87. The molecule has 1 fully saturated rings. The molecule has 2 aromatic rings. The molecule has 2 heteroatoms. The average molecular weight is 254 g/mol. The Kier molecular flexibility index (Phi) is 3.52. The highest BCUT2D eigenvalue weighted by Crippen LogP contribution is 2.26. The second kappa shape index (κ2) is 5.30. The summed E-state index contributed by atoms with van der Waals surface area (Å²) in [5.74, 6) is 1.21. The van der Waals surface area contributed by atoms with Crippen molar-refractivity contribution in [1.82, 2.24) is 10.3 Å². The maximum atomic E-state index is 4.87. The lowest BCUT2D eigenvalue weighted by atomic mass is 9.93. The zero-order chi connectivity index (χ0) is 13.2. The summed E-state index contributed by atoms with van der Waals surface area (Å²) in [5.41, 5.74) is 3.80. The van der Waals surface area contributed by atoms with E-state index in [9.17, 15) is 0 Å². The fourth-order valence-corrected chi connectivity index (χ4v) is 2.86. The molecule has 1 aromatic heterocycles. The lowest BCUT2D eigenvalue weighted by Crippen LogP contribution is -2.27. The van der Waals surface area contributed by atoms with E-state index in [-0.39, 0.29) is 0 Å². The molecule has 0 radical (unpaired) electrons. The normalized spacial score (nSPS) is 17.2. The molecule has 1 aliphatic rings. The van der Waals surface area contributed by atoms with Gasteiger partial charge in [0, 0.05) is 17.0 Å². The first-order chi connectivity index (χ1) is 9.24. The van der Waals surface area contributed by atoms with Gasteiger partial charge >= 0.3 is 0 Å². The molecule has 2 heterocycles. The summed E-state index contributed by atoms with van der Waals surface area (Å²) in [7, 11) is 0. The molecule has 0 aliphatic carbocycles. The highest BCUT2D eigenvalue weighted by molar-refractivity contribution is 5.79. The lowest BCUT2D eigenvalue weighted by Gasteiger charge is -2.22. The molecule has 0 unspecified atom stereocenters. The van der Waals surface area contributed by atoms with Crippen molar-refractivity contribution in [1.29, 1.82) is 0 Å². The summed E-state index contributed by atoms with van der Waals surface area (Å²) < 4.78 is 0. The average Bonchev–Trinajstić information content (AvgIpc) is 2.47. The predicted octanol–water partition coefficient (Wildman–Crippen LogP) is 3.83. The standard InChI is InChI=1S/C17H22N2/c1-12(2)14-3-5-17-15(11-14)4-6-16(19-17)13-7-9-18-10-8-13/h3-6,11-13,18H,7-10H2,1-2H3. The van der Waals surface area contributed by atoms with Gasteiger partial charge in [-0.2, -0.15) is 0 Å². The van der Waals surface area contributed by atoms with Gasteiger partial charge in [0.15, 0.2) is 0 Å². The van der Waals surface area contributed by atoms with E-state index in [1.165, 1.54) is 29.5 Å². The van der Waals surface area contributed by atoms with E-state index < -0.39 is 0 Å². The van der Waals surface area contributed by atoms with Gasteiger partial charge in [-0.05, 0) is 55.6 Å². The number of nitrogens with zero attached hydrogens (tertiary/aromatic N) is 1. The van der Waals surface area contributed by atoms with Crippen molar-refractivity contribution in [2.75, 3.05) is 13.1 Å². The van der Waals surface area contributed by atoms with Gasteiger partial charge in [0.25, 0.3) is 0 Å². The van der Waals surface area contributed by atoms with Crippen LogP contribution >= 0.6 is 0 Å². The van der Waals surface area contributed by atoms with Gasteiger partial charge < -0.3 is 5.32 Å². The minimum absolute atomic E-state index is 0.577. The zero-order valence-electron chi connectivity index (χ0n) is 11.8. The SMILES string of the molecule is CC(C)c1ccc2nc(C3CCNCC3)ccc2c1. The number of aromatic nitrogens is 1. The smallest absolute Gasteiger partial charge is 0.0705 e. The van der Waals surface area contributed by atoms with Crippen LogP contribution in [0.15, 0.2) is 30.3 Å². The molecule has 0 amide bonds. The predicted molar refractivity (Wildman–Crippen MR) is 80.7 cm³/mol. The van der Waals surface area contributed by atoms with Crippen LogP contribution in [0.2, 0.25) is 0 Å². The Morgan fingerprint density at radius 1 is 1.11 bits per heavy atom. The Hall–Kier alpha value is -1.41. The summed E-state index contributed by atoms with van der Waals surface area (Å²) in [6.45, 7) is 6.71. The number of fused-ring (bicyclic) bond motifs is 1. The second-order valence-corrected chi connectivity index (χ2v) is 5.87. The first-order valence-electron chi connectivity index (χ1n) is 7.35. The molecule has 0 atom stereocenters. The van der Waals surface area contributed by atoms with Crippen molar-refractivity contribution in [3.05, 3.63) is 41.6 Å². The number of pyridine rings is 1. The van der Waals surface area contributed by atoms with Crippen LogP contribution in [0.4, 0.5) is 0 Å². The van der Waals surface area contributed by atoms with E-state index in [0.717, 1.165) is 18.6 Å². The van der Waals surface area contributed by atoms with Crippen LogP contribution in [0, 0.1) is 0 Å². The number of benzene rings is 1. The monoisotopic (exact) mass is 254 g/mol. The maximum absolute atomic E-state index is 4.87. The third-order valence-electron chi connectivity index (χ3n) is 4.16. The minimum atomic E-state index is 0.577. The van der Waals surface area contributed by atoms with Gasteiger partial charge in [0.1, 0.15) is 0 Å². The summed E-state index contributed by atoms with van der Waals surface area (Å²) in [6.07, 6.45) is 2.42. The molecule has 1 saturated heterocycles. The van der Waals surface area contributed by atoms with Gasteiger partial charge in [-0.15, -0.1) is 0 Å².